The number of anilines is 3. The number of ether oxygens (including phenoxy) is 1. The SMILES string of the molecule is CC[C@H](C)Nc1ncc2cc(-c3cccc(NC(=O)c4ccnc(N5CCOCC5)c4)c3)c(O)cc2n1. The van der Waals surface area contributed by atoms with Crippen LogP contribution in [0.25, 0.3) is 22.0 Å². The Kier molecular flexibility index (Phi) is 7.14. The second kappa shape index (κ2) is 10.8. The van der Waals surface area contributed by atoms with Gasteiger partial charge in [-0.2, -0.15) is 0 Å². The molecule has 0 saturated carbocycles. The fraction of sp³-hybridized carbons (Fsp3) is 0.286. The van der Waals surface area contributed by atoms with Crippen LogP contribution in [0.3, 0.4) is 0 Å². The van der Waals surface area contributed by atoms with E-state index in [2.05, 4.69) is 44.3 Å². The Bertz CT molecular complexity index is 1420. The van der Waals surface area contributed by atoms with Crippen molar-refractivity contribution >= 4 is 34.3 Å². The maximum absolute atomic E-state index is 13.0. The molecule has 9 nitrogen and oxygen atoms in total. The molecular formula is C28H30N6O3. The van der Waals surface area contributed by atoms with Crippen LogP contribution in [0.1, 0.15) is 30.6 Å². The van der Waals surface area contributed by atoms with Crippen molar-refractivity contribution in [2.45, 2.75) is 26.3 Å². The first-order valence-electron chi connectivity index (χ1n) is 12.5. The molecule has 1 fully saturated rings. The topological polar surface area (TPSA) is 112 Å². The van der Waals surface area contributed by atoms with E-state index in [1.807, 2.05) is 30.3 Å². The zero-order valence-corrected chi connectivity index (χ0v) is 20.9. The van der Waals surface area contributed by atoms with Crippen LogP contribution in [0, 0.1) is 0 Å². The molecule has 0 bridgehead atoms. The largest absolute Gasteiger partial charge is 0.507 e. The van der Waals surface area contributed by atoms with E-state index < -0.39 is 0 Å². The summed E-state index contributed by atoms with van der Waals surface area (Å²) in [4.78, 5) is 28.5. The fourth-order valence-electron chi connectivity index (χ4n) is 4.18. The van der Waals surface area contributed by atoms with E-state index >= 15 is 0 Å². The summed E-state index contributed by atoms with van der Waals surface area (Å²) in [5.41, 5.74) is 3.20. The monoisotopic (exact) mass is 498 g/mol. The summed E-state index contributed by atoms with van der Waals surface area (Å²) in [6.07, 6.45) is 4.35. The quantitative estimate of drug-likeness (QED) is 0.336. The molecule has 0 spiro atoms. The van der Waals surface area contributed by atoms with E-state index in [0.717, 1.165) is 36.3 Å². The fourth-order valence-corrected chi connectivity index (χ4v) is 4.18. The summed E-state index contributed by atoms with van der Waals surface area (Å²) >= 11 is 0. The van der Waals surface area contributed by atoms with Gasteiger partial charge in [0.25, 0.3) is 5.91 Å². The van der Waals surface area contributed by atoms with Crippen molar-refractivity contribution in [2.24, 2.45) is 0 Å². The number of morpholine rings is 1. The van der Waals surface area contributed by atoms with Gasteiger partial charge in [0.2, 0.25) is 5.95 Å². The Balaban J connectivity index is 1.36. The lowest BCUT2D eigenvalue weighted by atomic mass is 10.0. The van der Waals surface area contributed by atoms with Crippen LogP contribution >= 0.6 is 0 Å². The van der Waals surface area contributed by atoms with Crippen molar-refractivity contribution in [3.63, 3.8) is 0 Å². The number of carbonyl (C=O) groups excluding carboxylic acids is 1. The Labute approximate surface area is 215 Å². The number of aromatic hydroxyl groups is 1. The molecule has 37 heavy (non-hydrogen) atoms. The Morgan fingerprint density at radius 3 is 2.78 bits per heavy atom. The van der Waals surface area contributed by atoms with Crippen LogP contribution < -0.4 is 15.5 Å². The summed E-state index contributed by atoms with van der Waals surface area (Å²) in [6, 6.07) is 14.6. The lowest BCUT2D eigenvalue weighted by molar-refractivity contribution is 0.102. The second-order valence-electron chi connectivity index (χ2n) is 9.11. The highest BCUT2D eigenvalue weighted by Crippen LogP contribution is 2.34. The first kappa shape index (κ1) is 24.5. The highest BCUT2D eigenvalue weighted by Gasteiger charge is 2.16. The number of phenolic OH excluding ortho intramolecular Hbond substituents is 1. The van der Waals surface area contributed by atoms with Gasteiger partial charge in [0.15, 0.2) is 0 Å². The summed E-state index contributed by atoms with van der Waals surface area (Å²) < 4.78 is 5.40. The summed E-state index contributed by atoms with van der Waals surface area (Å²) in [5, 5.41) is 17.8. The molecule has 2 aromatic carbocycles. The number of carbonyl (C=O) groups is 1. The normalized spacial score (nSPS) is 14.4. The first-order valence-corrected chi connectivity index (χ1v) is 12.5. The third-order valence-corrected chi connectivity index (χ3v) is 6.46. The van der Waals surface area contributed by atoms with Crippen LogP contribution in [0.15, 0.2) is 60.9 Å². The summed E-state index contributed by atoms with van der Waals surface area (Å²) in [5.74, 6) is 1.17. The number of pyridine rings is 1. The van der Waals surface area contributed by atoms with Gasteiger partial charge in [0.1, 0.15) is 11.6 Å². The highest BCUT2D eigenvalue weighted by molar-refractivity contribution is 6.05. The first-order chi connectivity index (χ1) is 18.0. The van der Waals surface area contributed by atoms with Crippen LogP contribution in [0.5, 0.6) is 5.75 Å². The minimum absolute atomic E-state index is 0.105. The van der Waals surface area contributed by atoms with Gasteiger partial charge >= 0.3 is 0 Å². The zero-order chi connectivity index (χ0) is 25.8. The van der Waals surface area contributed by atoms with E-state index in [-0.39, 0.29) is 17.7 Å². The number of hydrogen-bond acceptors (Lipinski definition) is 8. The minimum atomic E-state index is -0.230. The molecule has 1 atom stereocenters. The van der Waals surface area contributed by atoms with Crippen LogP contribution in [-0.2, 0) is 4.74 Å². The molecule has 0 radical (unpaired) electrons. The molecule has 9 heteroatoms. The van der Waals surface area contributed by atoms with Crippen molar-refractivity contribution < 1.29 is 14.6 Å². The molecule has 4 aromatic rings. The third-order valence-electron chi connectivity index (χ3n) is 6.46. The minimum Gasteiger partial charge on any atom is -0.507 e. The van der Waals surface area contributed by atoms with Crippen LogP contribution in [-0.4, -0.2) is 58.3 Å². The maximum Gasteiger partial charge on any atom is 0.255 e. The van der Waals surface area contributed by atoms with E-state index in [1.165, 1.54) is 0 Å². The van der Waals surface area contributed by atoms with Crippen molar-refractivity contribution in [1.29, 1.82) is 0 Å². The molecule has 1 amide bonds. The number of rotatable bonds is 7. The number of hydrogen-bond donors (Lipinski definition) is 3. The molecule has 190 valence electrons. The molecule has 5 rings (SSSR count). The average molecular weight is 499 g/mol. The van der Waals surface area contributed by atoms with Gasteiger partial charge in [0.05, 0.1) is 18.7 Å². The van der Waals surface area contributed by atoms with E-state index in [4.69, 9.17) is 4.74 Å². The average Bonchev–Trinajstić information content (AvgIpc) is 2.93. The number of benzene rings is 2. The lowest BCUT2D eigenvalue weighted by Gasteiger charge is -2.27. The third kappa shape index (κ3) is 5.62. The van der Waals surface area contributed by atoms with Crippen molar-refractivity contribution in [3.8, 4) is 16.9 Å². The standard InChI is InChI=1S/C28H30N6O3/c1-3-18(2)31-28-30-17-21-14-23(25(35)16-24(21)33-28)19-5-4-6-22(13-19)32-27(36)20-7-8-29-26(15-20)34-9-11-37-12-10-34/h4-8,13-18,35H,3,9-12H2,1-2H3,(H,32,36)(H,30,31,33)/t18-/m0/s1. The number of nitrogens with one attached hydrogen (secondary N) is 2. The van der Waals surface area contributed by atoms with Gasteiger partial charge in [-0.3, -0.25) is 4.79 Å². The molecular weight excluding hydrogens is 468 g/mol. The van der Waals surface area contributed by atoms with Gasteiger partial charge in [-0.15, -0.1) is 0 Å². The number of amides is 1. The lowest BCUT2D eigenvalue weighted by Crippen LogP contribution is -2.36. The number of fused-ring (bicyclic) bond motifs is 1. The Morgan fingerprint density at radius 1 is 1.14 bits per heavy atom. The molecule has 1 aliphatic rings. The van der Waals surface area contributed by atoms with Crippen molar-refractivity contribution in [1.82, 2.24) is 15.0 Å². The van der Waals surface area contributed by atoms with E-state index in [1.54, 1.807) is 30.6 Å². The Hall–Kier alpha value is -4.24. The molecule has 3 N–H and O–H groups in total. The molecule has 0 aliphatic carbocycles. The van der Waals surface area contributed by atoms with Gasteiger partial charge in [0, 0.05) is 59.8 Å². The maximum atomic E-state index is 13.0. The smallest absolute Gasteiger partial charge is 0.255 e. The van der Waals surface area contributed by atoms with E-state index in [9.17, 15) is 9.90 Å². The van der Waals surface area contributed by atoms with Crippen molar-refractivity contribution in [3.05, 3.63) is 66.5 Å². The zero-order valence-electron chi connectivity index (χ0n) is 20.9. The summed E-state index contributed by atoms with van der Waals surface area (Å²) in [6.45, 7) is 6.94. The van der Waals surface area contributed by atoms with Gasteiger partial charge in [-0.05, 0) is 49.2 Å². The highest BCUT2D eigenvalue weighted by atomic mass is 16.5. The number of nitrogens with zero attached hydrogens (tertiary/aromatic N) is 4. The predicted octanol–water partition coefficient (Wildman–Crippen LogP) is 4.70. The molecule has 1 saturated heterocycles. The Morgan fingerprint density at radius 2 is 1.97 bits per heavy atom. The molecule has 2 aromatic heterocycles. The number of aromatic nitrogens is 3. The van der Waals surface area contributed by atoms with Gasteiger partial charge < -0.3 is 25.4 Å². The molecule has 1 aliphatic heterocycles. The van der Waals surface area contributed by atoms with Crippen LogP contribution in [0.4, 0.5) is 17.5 Å². The predicted molar refractivity (Wildman–Crippen MR) is 145 cm³/mol. The summed E-state index contributed by atoms with van der Waals surface area (Å²) in [7, 11) is 0. The van der Waals surface area contributed by atoms with Crippen molar-refractivity contribution in [2.75, 3.05) is 41.8 Å². The molecule has 0 unspecified atom stereocenters. The van der Waals surface area contributed by atoms with Crippen LogP contribution in [0.2, 0.25) is 0 Å². The second-order valence-corrected chi connectivity index (χ2v) is 9.11. The van der Waals surface area contributed by atoms with E-state index in [0.29, 0.717) is 41.5 Å². The van der Waals surface area contributed by atoms with Gasteiger partial charge in [-0.25, -0.2) is 15.0 Å². The number of phenols is 1. The van der Waals surface area contributed by atoms with Gasteiger partial charge in [-0.1, -0.05) is 19.1 Å². The molecule has 3 heterocycles.